The quantitative estimate of drug-likeness (QED) is 0.292. The molecule has 0 saturated heterocycles. The first-order valence-corrected chi connectivity index (χ1v) is 16.7. The molecule has 0 aliphatic heterocycles. The number of benzene rings is 1. The smallest absolute Gasteiger partial charge is 0.242 e. The van der Waals surface area contributed by atoms with E-state index >= 15 is 0 Å². The minimum absolute atomic E-state index is 0.0989. The number of fused-ring (bicyclic) bond motifs is 5. The van der Waals surface area contributed by atoms with Crippen molar-refractivity contribution >= 4 is 29.3 Å². The Morgan fingerprint density at radius 3 is 2.48 bits per heavy atom. The van der Waals surface area contributed by atoms with Crippen LogP contribution in [0.25, 0.3) is 11.1 Å². The third kappa shape index (κ3) is 6.55. The third-order valence-electron chi connectivity index (χ3n) is 9.13. The van der Waals surface area contributed by atoms with E-state index in [1.54, 1.807) is 45.2 Å². The van der Waals surface area contributed by atoms with E-state index in [4.69, 9.17) is 14.2 Å². The van der Waals surface area contributed by atoms with E-state index in [0.717, 1.165) is 28.9 Å². The normalized spacial score (nSPS) is 21.8. The fourth-order valence-electron chi connectivity index (χ4n) is 7.00. The van der Waals surface area contributed by atoms with Gasteiger partial charge in [0.05, 0.1) is 33.1 Å². The van der Waals surface area contributed by atoms with Crippen molar-refractivity contribution in [1.29, 1.82) is 0 Å². The van der Waals surface area contributed by atoms with Gasteiger partial charge in [-0.2, -0.15) is 11.8 Å². The molecule has 2 aromatic carbocycles. The highest BCUT2D eigenvalue weighted by Crippen LogP contribution is 2.50. The van der Waals surface area contributed by atoms with E-state index in [9.17, 15) is 14.4 Å². The molecule has 3 aliphatic rings. The van der Waals surface area contributed by atoms with Gasteiger partial charge in [0.2, 0.25) is 23.0 Å². The van der Waals surface area contributed by atoms with E-state index in [-0.39, 0.29) is 17.2 Å². The Hall–Kier alpha value is -3.66. The molecule has 236 valence electrons. The number of carbonyl (C=O) groups is 2. The molecule has 2 bridgehead atoms. The standard InChI is InChI=1S/C34H43N3O6S/c1-19(38)36-26-10-8-22-16-30(41-2)32(42-3)33(43-4)31(22)24-9-11-27(29(39)17-25(24)26)37-28(12-13-44-5)34(40)35-18-23-15-20-6-7-21(23)14-20/h6-7,9,11,16-17,20-21,23,26,28H,8,10,12-15,18H2,1-5H3,(H,35,40)(H,36,38)(H,37,39)/t20-,21-,23+,26+,28+/m1/s1. The fraction of sp³-hybridized carbons (Fsp3) is 0.500. The average molecular weight is 622 g/mol. The number of hydrogen-bond acceptors (Lipinski definition) is 8. The molecular weight excluding hydrogens is 578 g/mol. The Balaban J connectivity index is 1.52. The summed E-state index contributed by atoms with van der Waals surface area (Å²) in [6, 6.07) is 6.14. The van der Waals surface area contributed by atoms with Gasteiger partial charge in [0.15, 0.2) is 11.5 Å². The van der Waals surface area contributed by atoms with Gasteiger partial charge >= 0.3 is 0 Å². The lowest BCUT2D eigenvalue weighted by Gasteiger charge is -2.22. The van der Waals surface area contributed by atoms with Crippen molar-refractivity contribution in [3.63, 3.8) is 0 Å². The maximum atomic E-state index is 13.8. The number of rotatable bonds is 12. The van der Waals surface area contributed by atoms with Gasteiger partial charge in [-0.3, -0.25) is 14.4 Å². The fourth-order valence-corrected chi connectivity index (χ4v) is 7.47. The van der Waals surface area contributed by atoms with E-state index in [1.165, 1.54) is 13.3 Å². The lowest BCUT2D eigenvalue weighted by Crippen LogP contribution is -2.43. The summed E-state index contributed by atoms with van der Waals surface area (Å²) in [5.74, 6) is 3.61. The molecule has 44 heavy (non-hydrogen) atoms. The summed E-state index contributed by atoms with van der Waals surface area (Å²) in [6.07, 6.45) is 10.7. The molecule has 1 fully saturated rings. The summed E-state index contributed by atoms with van der Waals surface area (Å²) in [6.45, 7) is 2.11. The molecule has 3 N–H and O–H groups in total. The van der Waals surface area contributed by atoms with Gasteiger partial charge in [0.25, 0.3) is 0 Å². The van der Waals surface area contributed by atoms with Gasteiger partial charge in [-0.25, -0.2) is 0 Å². The third-order valence-corrected chi connectivity index (χ3v) is 9.77. The number of methoxy groups -OCH3 is 3. The van der Waals surface area contributed by atoms with Gasteiger partial charge in [-0.05, 0) is 96.8 Å². The van der Waals surface area contributed by atoms with Crippen molar-refractivity contribution in [2.45, 2.75) is 51.1 Å². The Kier molecular flexibility index (Phi) is 10.1. The van der Waals surface area contributed by atoms with E-state index in [1.807, 2.05) is 18.4 Å². The molecule has 1 saturated carbocycles. The molecule has 0 radical (unpaired) electrons. The lowest BCUT2D eigenvalue weighted by molar-refractivity contribution is -0.122. The molecule has 5 atom stereocenters. The van der Waals surface area contributed by atoms with Crippen molar-refractivity contribution in [3.8, 4) is 28.4 Å². The zero-order valence-electron chi connectivity index (χ0n) is 26.2. The average Bonchev–Trinajstić information content (AvgIpc) is 3.57. The van der Waals surface area contributed by atoms with Gasteiger partial charge in [-0.15, -0.1) is 0 Å². The molecule has 2 aromatic rings. The molecule has 0 spiro atoms. The first-order chi connectivity index (χ1) is 21.3. The van der Waals surface area contributed by atoms with Crippen molar-refractivity contribution in [2.24, 2.45) is 17.8 Å². The van der Waals surface area contributed by atoms with Crippen LogP contribution in [-0.2, 0) is 16.0 Å². The number of nitrogens with one attached hydrogen (secondary N) is 3. The number of thioether (sulfide) groups is 1. The number of ether oxygens (including phenoxy) is 3. The number of aryl methyl sites for hydroxylation is 1. The minimum Gasteiger partial charge on any atom is -0.493 e. The summed E-state index contributed by atoms with van der Waals surface area (Å²) in [7, 11) is 4.71. The number of allylic oxidation sites excluding steroid dienone is 2. The zero-order chi connectivity index (χ0) is 31.4. The Morgan fingerprint density at radius 2 is 1.84 bits per heavy atom. The second kappa shape index (κ2) is 14.0. The summed E-state index contributed by atoms with van der Waals surface area (Å²) in [5.41, 5.74) is 3.22. The van der Waals surface area contributed by atoms with Gasteiger partial charge in [0, 0.05) is 19.0 Å². The molecule has 2 amide bonds. The number of hydrogen-bond donors (Lipinski definition) is 3. The first kappa shape index (κ1) is 31.8. The molecule has 0 unspecified atom stereocenters. The lowest BCUT2D eigenvalue weighted by atomic mass is 9.93. The zero-order valence-corrected chi connectivity index (χ0v) is 27.0. The molecular formula is C34H43N3O6S. The van der Waals surface area contributed by atoms with E-state index in [2.05, 4.69) is 28.1 Å². The van der Waals surface area contributed by atoms with Crippen LogP contribution in [0.15, 0.2) is 41.2 Å². The molecule has 0 heterocycles. The van der Waals surface area contributed by atoms with Crippen molar-refractivity contribution in [1.82, 2.24) is 10.6 Å². The monoisotopic (exact) mass is 621 g/mol. The first-order valence-electron chi connectivity index (χ1n) is 15.3. The van der Waals surface area contributed by atoms with Crippen LogP contribution in [0.4, 0.5) is 5.69 Å². The molecule has 0 aromatic heterocycles. The van der Waals surface area contributed by atoms with Gasteiger partial charge < -0.3 is 30.2 Å². The van der Waals surface area contributed by atoms with Gasteiger partial charge in [0.1, 0.15) is 6.04 Å². The second-order valence-corrected chi connectivity index (χ2v) is 12.8. The van der Waals surface area contributed by atoms with Crippen LogP contribution >= 0.6 is 11.8 Å². The van der Waals surface area contributed by atoms with Crippen molar-refractivity contribution < 1.29 is 23.8 Å². The van der Waals surface area contributed by atoms with Crippen LogP contribution in [-0.4, -0.2) is 57.7 Å². The van der Waals surface area contributed by atoms with Crippen LogP contribution in [0.2, 0.25) is 0 Å². The maximum Gasteiger partial charge on any atom is 0.242 e. The minimum atomic E-state index is -0.566. The highest BCUT2D eigenvalue weighted by atomic mass is 32.2. The predicted molar refractivity (Wildman–Crippen MR) is 175 cm³/mol. The second-order valence-electron chi connectivity index (χ2n) is 11.9. The number of anilines is 1. The summed E-state index contributed by atoms with van der Waals surface area (Å²) >= 11 is 1.66. The van der Waals surface area contributed by atoms with Crippen LogP contribution in [0.3, 0.4) is 0 Å². The topological polar surface area (TPSA) is 115 Å². The summed E-state index contributed by atoms with van der Waals surface area (Å²) < 4.78 is 17.2. The van der Waals surface area contributed by atoms with Crippen LogP contribution < -0.4 is 35.6 Å². The number of amides is 2. The number of carbonyl (C=O) groups excluding carboxylic acids is 2. The highest BCUT2D eigenvalue weighted by molar-refractivity contribution is 7.98. The van der Waals surface area contributed by atoms with Crippen molar-refractivity contribution in [3.05, 3.63) is 57.8 Å². The Morgan fingerprint density at radius 1 is 1.05 bits per heavy atom. The van der Waals surface area contributed by atoms with Crippen molar-refractivity contribution in [2.75, 3.05) is 45.2 Å². The van der Waals surface area contributed by atoms with Crippen LogP contribution in [0.1, 0.15) is 49.8 Å². The molecule has 5 rings (SSSR count). The predicted octanol–water partition coefficient (Wildman–Crippen LogP) is 4.73. The molecule has 10 heteroatoms. The van der Waals surface area contributed by atoms with Crippen LogP contribution in [0, 0.1) is 17.8 Å². The SMILES string of the molecule is COc1cc2c(c(OC)c1OC)-c1ccc(N[C@@H](CCSC)C(=O)NC[C@@H]3C[C@@H]4C=C[C@@H]3C4)c(=O)cc1[C@@H](NC(C)=O)CC2. The largest absolute Gasteiger partial charge is 0.493 e. The van der Waals surface area contributed by atoms with Gasteiger partial charge in [-0.1, -0.05) is 18.2 Å². The summed E-state index contributed by atoms with van der Waals surface area (Å²) in [5, 5.41) is 9.49. The van der Waals surface area contributed by atoms with Crippen LogP contribution in [0.5, 0.6) is 17.2 Å². The molecule has 3 aliphatic carbocycles. The molecule has 9 nitrogen and oxygen atoms in total. The Labute approximate surface area is 263 Å². The summed E-state index contributed by atoms with van der Waals surface area (Å²) in [4.78, 5) is 39.5. The maximum absolute atomic E-state index is 13.8. The highest BCUT2D eigenvalue weighted by Gasteiger charge is 2.36. The van der Waals surface area contributed by atoms with E-state index < -0.39 is 12.1 Å². The van der Waals surface area contributed by atoms with E-state index in [0.29, 0.717) is 72.1 Å². The Bertz CT molecular complexity index is 1490.